The summed E-state index contributed by atoms with van der Waals surface area (Å²) < 4.78 is 5.24. The number of hydrogen-bond donors (Lipinski definition) is 0. The fourth-order valence-corrected chi connectivity index (χ4v) is 2.91. The van der Waals surface area contributed by atoms with E-state index in [4.69, 9.17) is 4.74 Å². The molecule has 3 heteroatoms. The van der Waals surface area contributed by atoms with Gasteiger partial charge in [-0.2, -0.15) is 0 Å². The van der Waals surface area contributed by atoms with E-state index in [2.05, 4.69) is 4.98 Å². The molecule has 0 aliphatic carbocycles. The average molecular weight is 305 g/mol. The fourth-order valence-electron chi connectivity index (χ4n) is 2.91. The van der Waals surface area contributed by atoms with Crippen LogP contribution >= 0.6 is 0 Å². The molecule has 23 heavy (non-hydrogen) atoms. The molecule has 0 atom stereocenters. The fraction of sp³-hybridized carbons (Fsp3) is 0.200. The molecular formula is C20H19NO2. The molecule has 0 unspecified atom stereocenters. The number of esters is 1. The zero-order chi connectivity index (χ0) is 16.4. The summed E-state index contributed by atoms with van der Waals surface area (Å²) in [6.07, 6.45) is 1.86. The summed E-state index contributed by atoms with van der Waals surface area (Å²) in [6.45, 7) is 6.13. The van der Waals surface area contributed by atoms with Crippen LogP contribution in [0.4, 0.5) is 0 Å². The molecule has 0 aliphatic heterocycles. The van der Waals surface area contributed by atoms with Gasteiger partial charge in [-0.1, -0.05) is 36.4 Å². The van der Waals surface area contributed by atoms with E-state index in [1.165, 1.54) is 0 Å². The van der Waals surface area contributed by atoms with Crippen molar-refractivity contribution in [3.8, 4) is 11.1 Å². The molecule has 0 radical (unpaired) electrons. The number of ether oxygens (including phenoxy) is 1. The van der Waals surface area contributed by atoms with Crippen molar-refractivity contribution in [3.63, 3.8) is 0 Å². The number of aryl methyl sites for hydroxylation is 2. The minimum atomic E-state index is -0.290. The number of fused-ring (bicyclic) bond motifs is 1. The predicted molar refractivity (Wildman–Crippen MR) is 92.6 cm³/mol. The van der Waals surface area contributed by atoms with Gasteiger partial charge in [0, 0.05) is 17.1 Å². The molecule has 3 rings (SSSR count). The number of rotatable bonds is 3. The molecule has 0 bridgehead atoms. The second-order valence-corrected chi connectivity index (χ2v) is 5.59. The number of hydrogen-bond acceptors (Lipinski definition) is 3. The van der Waals surface area contributed by atoms with Gasteiger partial charge in [-0.3, -0.25) is 4.98 Å². The van der Waals surface area contributed by atoms with Crippen LogP contribution in [-0.2, 0) is 4.74 Å². The van der Waals surface area contributed by atoms with Gasteiger partial charge in [0.1, 0.15) is 0 Å². The van der Waals surface area contributed by atoms with Gasteiger partial charge in [-0.25, -0.2) is 4.79 Å². The molecule has 3 nitrogen and oxygen atoms in total. The summed E-state index contributed by atoms with van der Waals surface area (Å²) in [5, 5.41) is 0.849. The Bertz CT molecular complexity index is 870. The standard InChI is InChI=1S/C20H19NO2/c1-4-23-20(22)18-13(2)10-14(3)19-17(18)11-16(12-21-19)15-8-6-5-7-9-15/h5-12H,4H2,1-3H3. The van der Waals surface area contributed by atoms with Gasteiger partial charge in [0.2, 0.25) is 0 Å². The average Bonchev–Trinajstić information content (AvgIpc) is 2.55. The lowest BCUT2D eigenvalue weighted by molar-refractivity contribution is 0.0528. The van der Waals surface area contributed by atoms with Crippen molar-refractivity contribution < 1.29 is 9.53 Å². The van der Waals surface area contributed by atoms with Crippen LogP contribution in [0, 0.1) is 13.8 Å². The van der Waals surface area contributed by atoms with Crippen molar-refractivity contribution >= 4 is 16.9 Å². The summed E-state index contributed by atoms with van der Waals surface area (Å²) in [5.74, 6) is -0.290. The Hall–Kier alpha value is -2.68. The number of carbonyl (C=O) groups is 1. The van der Waals surface area contributed by atoms with Gasteiger partial charge in [0.25, 0.3) is 0 Å². The Morgan fingerprint density at radius 2 is 1.78 bits per heavy atom. The first kappa shape index (κ1) is 15.2. The first-order chi connectivity index (χ1) is 11.1. The number of nitrogens with zero attached hydrogens (tertiary/aromatic N) is 1. The minimum Gasteiger partial charge on any atom is -0.462 e. The van der Waals surface area contributed by atoms with Crippen LogP contribution in [-0.4, -0.2) is 17.6 Å². The maximum absolute atomic E-state index is 12.4. The van der Waals surface area contributed by atoms with E-state index in [1.54, 1.807) is 0 Å². The monoisotopic (exact) mass is 305 g/mol. The van der Waals surface area contributed by atoms with Gasteiger partial charge < -0.3 is 4.74 Å². The zero-order valence-corrected chi connectivity index (χ0v) is 13.6. The molecule has 0 saturated heterocycles. The van der Waals surface area contributed by atoms with Crippen LogP contribution in [0.25, 0.3) is 22.0 Å². The number of pyridine rings is 1. The van der Waals surface area contributed by atoms with Gasteiger partial charge in [-0.05, 0) is 43.5 Å². The second-order valence-electron chi connectivity index (χ2n) is 5.59. The Morgan fingerprint density at radius 3 is 2.48 bits per heavy atom. The Balaban J connectivity index is 2.27. The molecule has 0 spiro atoms. The highest BCUT2D eigenvalue weighted by atomic mass is 16.5. The maximum atomic E-state index is 12.4. The summed E-state index contributed by atoms with van der Waals surface area (Å²) in [5.41, 5.74) is 5.51. The van der Waals surface area contributed by atoms with Gasteiger partial charge in [-0.15, -0.1) is 0 Å². The number of aromatic nitrogens is 1. The Labute approximate surface area is 135 Å². The molecule has 1 heterocycles. The highest BCUT2D eigenvalue weighted by Gasteiger charge is 2.17. The van der Waals surface area contributed by atoms with E-state index in [9.17, 15) is 4.79 Å². The van der Waals surface area contributed by atoms with Crippen LogP contribution < -0.4 is 0 Å². The normalized spacial score (nSPS) is 10.7. The quantitative estimate of drug-likeness (QED) is 0.659. The van der Waals surface area contributed by atoms with Crippen LogP contribution in [0.2, 0.25) is 0 Å². The molecule has 0 fully saturated rings. The van der Waals surface area contributed by atoms with Crippen LogP contribution in [0.5, 0.6) is 0 Å². The molecule has 0 saturated carbocycles. The summed E-state index contributed by atoms with van der Waals surface area (Å²) in [6, 6.07) is 14.1. The van der Waals surface area contributed by atoms with E-state index < -0.39 is 0 Å². The van der Waals surface area contributed by atoms with Crippen molar-refractivity contribution in [2.75, 3.05) is 6.61 Å². The van der Waals surface area contributed by atoms with Gasteiger partial charge in [0.15, 0.2) is 0 Å². The molecule has 116 valence electrons. The highest BCUT2D eigenvalue weighted by Crippen LogP contribution is 2.29. The van der Waals surface area contributed by atoms with Crippen molar-refractivity contribution in [3.05, 3.63) is 65.4 Å². The molecule has 0 aliphatic rings. The summed E-state index contributed by atoms with van der Waals surface area (Å²) in [4.78, 5) is 17.0. The third kappa shape index (κ3) is 2.82. The molecule has 0 N–H and O–H groups in total. The van der Waals surface area contributed by atoms with Crippen LogP contribution in [0.1, 0.15) is 28.4 Å². The van der Waals surface area contributed by atoms with Crippen LogP contribution in [0.3, 0.4) is 0 Å². The van der Waals surface area contributed by atoms with Crippen molar-refractivity contribution in [1.82, 2.24) is 4.98 Å². The third-order valence-electron chi connectivity index (χ3n) is 3.94. The lowest BCUT2D eigenvalue weighted by Crippen LogP contribution is -2.08. The second kappa shape index (κ2) is 6.21. The third-order valence-corrected chi connectivity index (χ3v) is 3.94. The Kier molecular flexibility index (Phi) is 4.11. The minimum absolute atomic E-state index is 0.290. The number of benzene rings is 2. The van der Waals surface area contributed by atoms with Crippen LogP contribution in [0.15, 0.2) is 48.7 Å². The first-order valence-electron chi connectivity index (χ1n) is 7.74. The van der Waals surface area contributed by atoms with E-state index in [0.717, 1.165) is 33.2 Å². The topological polar surface area (TPSA) is 39.2 Å². The summed E-state index contributed by atoms with van der Waals surface area (Å²) in [7, 11) is 0. The molecule has 0 amide bonds. The molecular weight excluding hydrogens is 286 g/mol. The van der Waals surface area contributed by atoms with E-state index in [-0.39, 0.29) is 5.97 Å². The molecule has 1 aromatic heterocycles. The van der Waals surface area contributed by atoms with E-state index in [1.807, 2.05) is 69.4 Å². The first-order valence-corrected chi connectivity index (χ1v) is 7.74. The van der Waals surface area contributed by atoms with Crippen molar-refractivity contribution in [2.45, 2.75) is 20.8 Å². The summed E-state index contributed by atoms with van der Waals surface area (Å²) >= 11 is 0. The SMILES string of the molecule is CCOC(=O)c1c(C)cc(C)c2ncc(-c3ccccc3)cc12. The Morgan fingerprint density at radius 1 is 1.04 bits per heavy atom. The maximum Gasteiger partial charge on any atom is 0.339 e. The van der Waals surface area contributed by atoms with Gasteiger partial charge in [0.05, 0.1) is 17.7 Å². The van der Waals surface area contributed by atoms with E-state index in [0.29, 0.717) is 12.2 Å². The smallest absolute Gasteiger partial charge is 0.339 e. The predicted octanol–water partition coefficient (Wildman–Crippen LogP) is 4.70. The molecule has 3 aromatic rings. The largest absolute Gasteiger partial charge is 0.462 e. The lowest BCUT2D eigenvalue weighted by atomic mass is 9.96. The zero-order valence-electron chi connectivity index (χ0n) is 13.6. The van der Waals surface area contributed by atoms with E-state index >= 15 is 0 Å². The van der Waals surface area contributed by atoms with Gasteiger partial charge >= 0.3 is 5.97 Å². The highest BCUT2D eigenvalue weighted by molar-refractivity contribution is 6.06. The lowest BCUT2D eigenvalue weighted by Gasteiger charge is -2.12. The molecule has 2 aromatic carbocycles. The van der Waals surface area contributed by atoms with Crippen molar-refractivity contribution in [2.24, 2.45) is 0 Å². The van der Waals surface area contributed by atoms with Crippen molar-refractivity contribution in [1.29, 1.82) is 0 Å². The number of carbonyl (C=O) groups excluding carboxylic acids is 1.